The molecule has 0 spiro atoms. The highest BCUT2D eigenvalue weighted by molar-refractivity contribution is 8.18. The highest BCUT2D eigenvalue weighted by Gasteiger charge is 2.35. The monoisotopic (exact) mass is 456 g/mol. The normalized spacial score (nSPS) is 15.2. The first-order valence-corrected chi connectivity index (χ1v) is 11.4. The molecule has 1 fully saturated rings. The van der Waals surface area contributed by atoms with Crippen LogP contribution in [0.3, 0.4) is 0 Å². The summed E-state index contributed by atoms with van der Waals surface area (Å²) in [5.41, 5.74) is 4.23. The van der Waals surface area contributed by atoms with Gasteiger partial charge in [0.2, 0.25) is 0 Å². The molecular formula is C27H21FN2O2S. The summed E-state index contributed by atoms with van der Waals surface area (Å²) in [6.45, 7) is 2.58. The van der Waals surface area contributed by atoms with Crippen LogP contribution >= 0.6 is 11.8 Å². The zero-order chi connectivity index (χ0) is 22.9. The topological polar surface area (TPSA) is 42.3 Å². The molecule has 0 aliphatic carbocycles. The van der Waals surface area contributed by atoms with Crippen molar-refractivity contribution in [2.45, 2.75) is 20.0 Å². The molecule has 1 aliphatic rings. The van der Waals surface area contributed by atoms with Crippen molar-refractivity contribution in [1.29, 1.82) is 0 Å². The van der Waals surface area contributed by atoms with E-state index in [1.807, 2.05) is 72.2 Å². The van der Waals surface area contributed by atoms with Crippen LogP contribution in [-0.2, 0) is 17.9 Å². The maximum atomic E-state index is 14.3. The van der Waals surface area contributed by atoms with E-state index in [4.69, 9.17) is 0 Å². The molecule has 1 aliphatic heterocycles. The van der Waals surface area contributed by atoms with E-state index in [1.54, 1.807) is 18.2 Å². The number of hydrogen-bond donors (Lipinski definition) is 0. The molecule has 0 saturated carbocycles. The van der Waals surface area contributed by atoms with Gasteiger partial charge in [-0.15, -0.1) is 0 Å². The van der Waals surface area contributed by atoms with Gasteiger partial charge in [-0.3, -0.25) is 14.5 Å². The van der Waals surface area contributed by atoms with E-state index in [9.17, 15) is 14.0 Å². The zero-order valence-corrected chi connectivity index (χ0v) is 18.8. The molecule has 0 atom stereocenters. The van der Waals surface area contributed by atoms with Gasteiger partial charge in [-0.2, -0.15) is 0 Å². The van der Waals surface area contributed by atoms with Crippen molar-refractivity contribution in [3.63, 3.8) is 0 Å². The number of halogens is 1. The lowest BCUT2D eigenvalue weighted by Crippen LogP contribution is -2.27. The van der Waals surface area contributed by atoms with E-state index in [0.29, 0.717) is 17.0 Å². The molecule has 6 heteroatoms. The minimum atomic E-state index is -0.292. The van der Waals surface area contributed by atoms with Gasteiger partial charge >= 0.3 is 0 Å². The van der Waals surface area contributed by atoms with Crippen LogP contribution in [-0.4, -0.2) is 20.6 Å². The van der Waals surface area contributed by atoms with Crippen LogP contribution in [0.4, 0.5) is 9.18 Å². The van der Waals surface area contributed by atoms with Crippen LogP contribution in [0.1, 0.15) is 22.4 Å². The Hall–Kier alpha value is -3.64. The SMILES string of the molecule is Cc1c(/C=C2\SC(=O)N(Cc3ccccc3)C2=O)c2ccccc2n1Cc1ccccc1F. The summed E-state index contributed by atoms with van der Waals surface area (Å²) in [7, 11) is 0. The molecule has 164 valence electrons. The molecule has 4 aromatic rings. The molecule has 0 N–H and O–H groups in total. The van der Waals surface area contributed by atoms with Crippen LogP contribution in [0.5, 0.6) is 0 Å². The Morgan fingerprint density at radius 2 is 1.58 bits per heavy atom. The number of hydrogen-bond acceptors (Lipinski definition) is 3. The minimum absolute atomic E-state index is 0.247. The van der Waals surface area contributed by atoms with Crippen molar-refractivity contribution in [1.82, 2.24) is 9.47 Å². The summed E-state index contributed by atoms with van der Waals surface area (Å²) >= 11 is 0.958. The largest absolute Gasteiger partial charge is 0.340 e. The number of rotatable bonds is 5. The van der Waals surface area contributed by atoms with E-state index >= 15 is 0 Å². The van der Waals surface area contributed by atoms with Crippen LogP contribution in [0.25, 0.3) is 17.0 Å². The summed E-state index contributed by atoms with van der Waals surface area (Å²) < 4.78 is 16.4. The number of nitrogens with zero attached hydrogens (tertiary/aromatic N) is 2. The van der Waals surface area contributed by atoms with Gasteiger partial charge in [0.1, 0.15) is 5.82 Å². The van der Waals surface area contributed by atoms with Crippen LogP contribution < -0.4 is 0 Å². The number of amides is 2. The fraction of sp³-hybridized carbons (Fsp3) is 0.111. The Labute approximate surface area is 195 Å². The Morgan fingerprint density at radius 1 is 0.879 bits per heavy atom. The summed E-state index contributed by atoms with van der Waals surface area (Å²) in [5, 5.41) is 0.684. The van der Waals surface area contributed by atoms with Gasteiger partial charge in [0.15, 0.2) is 0 Å². The maximum absolute atomic E-state index is 14.3. The molecule has 4 nitrogen and oxygen atoms in total. The standard InChI is InChI=1S/C27H21FN2O2S/c1-18-22(15-25-26(31)30(27(32)33-25)16-19-9-3-2-4-10-19)21-12-6-8-14-24(21)29(18)17-20-11-5-7-13-23(20)28/h2-15H,16-17H2,1H3/b25-15-. The Kier molecular flexibility index (Phi) is 5.60. The third-order valence-electron chi connectivity index (χ3n) is 5.90. The van der Waals surface area contributed by atoms with Crippen LogP contribution in [0.2, 0.25) is 0 Å². The van der Waals surface area contributed by atoms with Gasteiger partial charge in [-0.1, -0.05) is 66.7 Å². The molecule has 5 rings (SSSR count). The van der Waals surface area contributed by atoms with Crippen molar-refractivity contribution < 1.29 is 14.0 Å². The Balaban J connectivity index is 1.53. The second-order valence-electron chi connectivity index (χ2n) is 7.95. The fourth-order valence-corrected chi connectivity index (χ4v) is 4.99. The molecule has 2 amide bonds. The van der Waals surface area contributed by atoms with Gasteiger partial charge in [-0.05, 0) is 42.5 Å². The molecule has 0 unspecified atom stereocenters. The number of benzene rings is 3. The van der Waals surface area contributed by atoms with Crippen LogP contribution in [0.15, 0.2) is 83.8 Å². The van der Waals surface area contributed by atoms with Gasteiger partial charge in [0.05, 0.1) is 18.0 Å². The van der Waals surface area contributed by atoms with Crippen molar-refractivity contribution in [3.8, 4) is 0 Å². The van der Waals surface area contributed by atoms with Crippen molar-refractivity contribution in [2.24, 2.45) is 0 Å². The average Bonchev–Trinajstić information content (AvgIpc) is 3.24. The van der Waals surface area contributed by atoms with Crippen LogP contribution in [0, 0.1) is 12.7 Å². The summed E-state index contributed by atoms with van der Waals surface area (Å²) in [6, 6.07) is 24.1. The molecule has 3 aromatic carbocycles. The predicted molar refractivity (Wildman–Crippen MR) is 130 cm³/mol. The number of fused-ring (bicyclic) bond motifs is 1. The number of imide groups is 1. The smallest absolute Gasteiger partial charge is 0.293 e. The van der Waals surface area contributed by atoms with Crippen molar-refractivity contribution in [2.75, 3.05) is 0 Å². The second-order valence-corrected chi connectivity index (χ2v) is 8.94. The molecular weight excluding hydrogens is 435 g/mol. The average molecular weight is 457 g/mol. The molecule has 0 radical (unpaired) electrons. The van der Waals surface area contributed by atoms with E-state index < -0.39 is 0 Å². The number of para-hydroxylation sites is 1. The maximum Gasteiger partial charge on any atom is 0.293 e. The highest BCUT2D eigenvalue weighted by atomic mass is 32.2. The molecule has 33 heavy (non-hydrogen) atoms. The molecule has 0 bridgehead atoms. The van der Waals surface area contributed by atoms with Gasteiger partial charge in [0, 0.05) is 27.7 Å². The third-order valence-corrected chi connectivity index (χ3v) is 6.81. The van der Waals surface area contributed by atoms with E-state index in [-0.39, 0.29) is 23.5 Å². The lowest BCUT2D eigenvalue weighted by molar-refractivity contribution is -0.123. The van der Waals surface area contributed by atoms with Gasteiger partial charge < -0.3 is 4.57 Å². The van der Waals surface area contributed by atoms with Gasteiger partial charge in [0.25, 0.3) is 11.1 Å². The zero-order valence-electron chi connectivity index (χ0n) is 18.0. The first kappa shape index (κ1) is 21.2. The number of carbonyl (C=O) groups is 2. The lowest BCUT2D eigenvalue weighted by Gasteiger charge is -2.12. The quantitative estimate of drug-likeness (QED) is 0.328. The second kappa shape index (κ2) is 8.71. The Bertz CT molecular complexity index is 1410. The highest BCUT2D eigenvalue weighted by Crippen LogP contribution is 2.36. The fourth-order valence-electron chi connectivity index (χ4n) is 4.17. The third kappa shape index (κ3) is 3.98. The van der Waals surface area contributed by atoms with Crippen molar-refractivity contribution in [3.05, 3.63) is 112 Å². The molecule has 2 heterocycles. The summed E-state index contributed by atoms with van der Waals surface area (Å²) in [4.78, 5) is 27.4. The van der Waals surface area contributed by atoms with Gasteiger partial charge in [-0.25, -0.2) is 4.39 Å². The summed E-state index contributed by atoms with van der Waals surface area (Å²) in [6.07, 6.45) is 1.80. The number of carbonyl (C=O) groups excluding carboxylic acids is 2. The first-order chi connectivity index (χ1) is 16.0. The Morgan fingerprint density at radius 3 is 2.36 bits per heavy atom. The predicted octanol–water partition coefficient (Wildman–Crippen LogP) is 6.37. The van der Waals surface area contributed by atoms with E-state index in [1.165, 1.54) is 11.0 Å². The minimum Gasteiger partial charge on any atom is -0.340 e. The number of thioether (sulfide) groups is 1. The first-order valence-electron chi connectivity index (χ1n) is 10.6. The van der Waals surface area contributed by atoms with E-state index in [0.717, 1.165) is 39.5 Å². The molecule has 1 saturated heterocycles. The summed E-state index contributed by atoms with van der Waals surface area (Å²) in [5.74, 6) is -0.544. The molecule has 1 aromatic heterocycles. The van der Waals surface area contributed by atoms with E-state index in [2.05, 4.69) is 0 Å². The lowest BCUT2D eigenvalue weighted by atomic mass is 10.1. The van der Waals surface area contributed by atoms with Crippen molar-refractivity contribution >= 4 is 39.9 Å². The number of aromatic nitrogens is 1.